The van der Waals surface area contributed by atoms with Crippen molar-refractivity contribution in [2.45, 2.75) is 31.1 Å². The molecule has 2 N–H and O–H groups in total. The Morgan fingerprint density at radius 3 is 2.13 bits per heavy atom. The third-order valence-electron chi connectivity index (χ3n) is 3.59. The summed E-state index contributed by atoms with van der Waals surface area (Å²) in [5.74, 6) is 0.771. The molecule has 2 aliphatic rings. The van der Waals surface area contributed by atoms with E-state index in [1.165, 1.54) is 12.8 Å². The number of rotatable bonds is 5. The number of nitrogens with zero attached hydrogens (tertiary/aromatic N) is 1. The average Bonchev–Trinajstić information content (AvgIpc) is 3.01. The van der Waals surface area contributed by atoms with Crippen LogP contribution in [0, 0.1) is 5.92 Å². The van der Waals surface area contributed by atoms with Crippen molar-refractivity contribution in [3.05, 3.63) is 0 Å². The Balaban J connectivity index is 1.79. The van der Waals surface area contributed by atoms with Crippen LogP contribution >= 0.6 is 0 Å². The van der Waals surface area contributed by atoms with E-state index in [0.717, 1.165) is 25.6 Å². The van der Waals surface area contributed by atoms with Gasteiger partial charge in [-0.2, -0.15) is 0 Å². The van der Waals surface area contributed by atoms with Crippen LogP contribution in [0.15, 0.2) is 0 Å². The lowest BCUT2D eigenvalue weighted by molar-refractivity contribution is -0.00461. The highest BCUT2D eigenvalue weighted by atomic mass is 16.5. The van der Waals surface area contributed by atoms with Crippen LogP contribution < -0.4 is 5.73 Å². The van der Waals surface area contributed by atoms with Gasteiger partial charge in [0, 0.05) is 39.9 Å². The Kier molecular flexibility index (Phi) is 3.61. The quantitative estimate of drug-likeness (QED) is 0.703. The van der Waals surface area contributed by atoms with Crippen LogP contribution in [0.3, 0.4) is 0 Å². The number of likely N-dealkylation sites (tertiary alicyclic amines) is 1. The molecule has 1 aliphatic heterocycles. The molecule has 0 aromatic carbocycles. The van der Waals surface area contributed by atoms with Crippen molar-refractivity contribution in [3.8, 4) is 0 Å². The summed E-state index contributed by atoms with van der Waals surface area (Å²) in [6.45, 7) is 2.90. The summed E-state index contributed by atoms with van der Waals surface area (Å²) in [4.78, 5) is 2.37. The summed E-state index contributed by atoms with van der Waals surface area (Å²) in [5.41, 5.74) is 6.11. The van der Waals surface area contributed by atoms with Gasteiger partial charge in [-0.3, -0.25) is 4.90 Å². The first-order valence-corrected chi connectivity index (χ1v) is 5.78. The van der Waals surface area contributed by atoms with Crippen molar-refractivity contribution in [1.82, 2.24) is 4.90 Å². The lowest BCUT2D eigenvalue weighted by atomic mass is 10.2. The summed E-state index contributed by atoms with van der Waals surface area (Å²) >= 11 is 0. The Morgan fingerprint density at radius 2 is 1.73 bits per heavy atom. The van der Waals surface area contributed by atoms with Gasteiger partial charge in [0.25, 0.3) is 0 Å². The van der Waals surface area contributed by atoms with Gasteiger partial charge in [0.05, 0.1) is 12.2 Å². The molecule has 88 valence electrons. The zero-order chi connectivity index (χ0) is 10.8. The highest BCUT2D eigenvalue weighted by Crippen LogP contribution is 2.32. The highest BCUT2D eigenvalue weighted by Gasteiger charge is 2.36. The molecule has 0 radical (unpaired) electrons. The first-order chi connectivity index (χ1) is 7.24. The zero-order valence-corrected chi connectivity index (χ0v) is 9.69. The third-order valence-corrected chi connectivity index (χ3v) is 3.59. The molecule has 1 saturated heterocycles. The molecular weight excluding hydrogens is 192 g/mol. The predicted molar refractivity (Wildman–Crippen MR) is 58.7 cm³/mol. The smallest absolute Gasteiger partial charge is 0.0971 e. The molecule has 4 nitrogen and oxygen atoms in total. The third kappa shape index (κ3) is 2.69. The van der Waals surface area contributed by atoms with Crippen LogP contribution in [0.1, 0.15) is 12.8 Å². The van der Waals surface area contributed by atoms with Crippen molar-refractivity contribution < 1.29 is 9.47 Å². The Hall–Kier alpha value is -0.160. The second-order valence-corrected chi connectivity index (χ2v) is 4.77. The van der Waals surface area contributed by atoms with E-state index in [1.54, 1.807) is 14.2 Å². The fraction of sp³-hybridized carbons (Fsp3) is 1.00. The summed E-state index contributed by atoms with van der Waals surface area (Å²) in [5, 5.41) is 0. The Morgan fingerprint density at radius 1 is 1.20 bits per heavy atom. The monoisotopic (exact) mass is 214 g/mol. The minimum absolute atomic E-state index is 0.210. The number of nitrogens with two attached hydrogens (primary N) is 1. The van der Waals surface area contributed by atoms with E-state index in [1.807, 2.05) is 0 Å². The van der Waals surface area contributed by atoms with Gasteiger partial charge in [-0.1, -0.05) is 0 Å². The number of hydrogen-bond acceptors (Lipinski definition) is 4. The van der Waals surface area contributed by atoms with Crippen molar-refractivity contribution in [2.24, 2.45) is 11.7 Å². The molecule has 0 spiro atoms. The molecule has 0 amide bonds. The minimum Gasteiger partial charge on any atom is -0.377 e. The number of methoxy groups -OCH3 is 2. The predicted octanol–water partition coefficient (Wildman–Crippen LogP) is 0.0693. The van der Waals surface area contributed by atoms with Crippen molar-refractivity contribution in [1.29, 1.82) is 0 Å². The molecule has 3 atom stereocenters. The van der Waals surface area contributed by atoms with Gasteiger partial charge >= 0.3 is 0 Å². The topological polar surface area (TPSA) is 47.7 Å². The van der Waals surface area contributed by atoms with Gasteiger partial charge in [0.15, 0.2) is 0 Å². The fourth-order valence-corrected chi connectivity index (χ4v) is 2.39. The van der Waals surface area contributed by atoms with E-state index in [4.69, 9.17) is 15.2 Å². The number of hydrogen-bond donors (Lipinski definition) is 1. The molecular formula is C11H22N2O2. The molecule has 2 fully saturated rings. The van der Waals surface area contributed by atoms with Crippen LogP contribution in [0.25, 0.3) is 0 Å². The molecule has 3 unspecified atom stereocenters. The van der Waals surface area contributed by atoms with Crippen LogP contribution in [0.2, 0.25) is 0 Å². The Bertz CT molecular complexity index is 197. The van der Waals surface area contributed by atoms with Gasteiger partial charge in [-0.25, -0.2) is 0 Å². The first-order valence-electron chi connectivity index (χ1n) is 5.78. The van der Waals surface area contributed by atoms with E-state index in [0.29, 0.717) is 6.04 Å². The molecule has 15 heavy (non-hydrogen) atoms. The summed E-state index contributed by atoms with van der Waals surface area (Å²) in [6, 6.07) is 0.345. The SMILES string of the molecule is COC1CN(CC(N)C2CC2)CC1OC. The largest absolute Gasteiger partial charge is 0.377 e. The van der Waals surface area contributed by atoms with Gasteiger partial charge in [0.2, 0.25) is 0 Å². The summed E-state index contributed by atoms with van der Waals surface area (Å²) in [7, 11) is 3.50. The maximum atomic E-state index is 6.11. The minimum atomic E-state index is 0.210. The van der Waals surface area contributed by atoms with E-state index < -0.39 is 0 Å². The molecule has 1 aliphatic carbocycles. The molecule has 4 heteroatoms. The van der Waals surface area contributed by atoms with E-state index in [-0.39, 0.29) is 12.2 Å². The number of ether oxygens (including phenoxy) is 2. The molecule has 0 aromatic heterocycles. The maximum absolute atomic E-state index is 6.11. The van der Waals surface area contributed by atoms with Crippen LogP contribution in [0.4, 0.5) is 0 Å². The highest BCUT2D eigenvalue weighted by molar-refractivity contribution is 4.91. The van der Waals surface area contributed by atoms with Crippen LogP contribution in [0.5, 0.6) is 0 Å². The summed E-state index contributed by atoms with van der Waals surface area (Å²) in [6.07, 6.45) is 3.05. The fourth-order valence-electron chi connectivity index (χ4n) is 2.39. The van der Waals surface area contributed by atoms with Crippen molar-refractivity contribution in [2.75, 3.05) is 33.9 Å². The van der Waals surface area contributed by atoms with Crippen molar-refractivity contribution >= 4 is 0 Å². The zero-order valence-electron chi connectivity index (χ0n) is 9.69. The van der Waals surface area contributed by atoms with Gasteiger partial charge in [-0.15, -0.1) is 0 Å². The second kappa shape index (κ2) is 4.78. The van der Waals surface area contributed by atoms with Crippen LogP contribution in [-0.2, 0) is 9.47 Å². The van der Waals surface area contributed by atoms with E-state index in [2.05, 4.69) is 4.90 Å². The van der Waals surface area contributed by atoms with E-state index in [9.17, 15) is 0 Å². The standard InChI is InChI=1S/C11H22N2O2/c1-14-10-6-13(7-11(10)15-2)5-9(12)8-3-4-8/h8-11H,3-7,12H2,1-2H3. The molecule has 1 heterocycles. The second-order valence-electron chi connectivity index (χ2n) is 4.77. The lowest BCUT2D eigenvalue weighted by Crippen LogP contribution is -2.38. The lowest BCUT2D eigenvalue weighted by Gasteiger charge is -2.19. The Labute approximate surface area is 91.7 Å². The first kappa shape index (κ1) is 11.3. The summed E-state index contributed by atoms with van der Waals surface area (Å²) < 4.78 is 10.8. The molecule has 2 rings (SSSR count). The molecule has 0 aromatic rings. The van der Waals surface area contributed by atoms with Gasteiger partial charge < -0.3 is 15.2 Å². The molecule has 1 saturated carbocycles. The molecule has 0 bridgehead atoms. The average molecular weight is 214 g/mol. The maximum Gasteiger partial charge on any atom is 0.0971 e. The van der Waals surface area contributed by atoms with Crippen LogP contribution in [-0.4, -0.2) is 57.0 Å². The van der Waals surface area contributed by atoms with Gasteiger partial charge in [0.1, 0.15) is 0 Å². The van der Waals surface area contributed by atoms with Crippen molar-refractivity contribution in [3.63, 3.8) is 0 Å². The normalized spacial score (nSPS) is 34.6. The van der Waals surface area contributed by atoms with Gasteiger partial charge in [-0.05, 0) is 18.8 Å². The van der Waals surface area contributed by atoms with E-state index >= 15 is 0 Å².